The van der Waals surface area contributed by atoms with Crippen molar-refractivity contribution < 1.29 is 13.9 Å². The summed E-state index contributed by atoms with van der Waals surface area (Å²) < 4.78 is 11.1. The molecule has 0 radical (unpaired) electrons. The summed E-state index contributed by atoms with van der Waals surface area (Å²) in [5.41, 5.74) is 1.84. The molecule has 7 nitrogen and oxygen atoms in total. The summed E-state index contributed by atoms with van der Waals surface area (Å²) in [6.07, 6.45) is 0.596. The molecule has 1 aromatic carbocycles. The van der Waals surface area contributed by atoms with Gasteiger partial charge in [0.05, 0.1) is 17.0 Å². The highest BCUT2D eigenvalue weighted by atomic mass is 16.5. The molecule has 0 aliphatic rings. The van der Waals surface area contributed by atoms with Gasteiger partial charge in [0.15, 0.2) is 6.10 Å². The number of amides is 1. The molecule has 0 aliphatic heterocycles. The molecule has 1 amide bonds. The number of carbonyl (C=O) groups is 1. The Morgan fingerprint density at radius 3 is 2.68 bits per heavy atom. The summed E-state index contributed by atoms with van der Waals surface area (Å²) in [6, 6.07) is 8.59. The first kappa shape index (κ1) is 16.5. The Labute approximate surface area is 144 Å². The van der Waals surface area contributed by atoms with Crippen LogP contribution in [-0.4, -0.2) is 22.0 Å². The molecule has 7 heteroatoms. The fourth-order valence-corrected chi connectivity index (χ4v) is 2.36. The van der Waals surface area contributed by atoms with E-state index in [0.29, 0.717) is 28.2 Å². The van der Waals surface area contributed by atoms with Crippen LogP contribution in [0.2, 0.25) is 0 Å². The van der Waals surface area contributed by atoms with E-state index in [1.807, 2.05) is 19.9 Å². The van der Waals surface area contributed by atoms with Crippen LogP contribution < -0.4 is 10.1 Å². The number of hydrogen-bond acceptors (Lipinski definition) is 6. The second-order valence-corrected chi connectivity index (χ2v) is 5.57. The monoisotopic (exact) mass is 336 g/mol. The number of carbonyl (C=O) groups excluding carboxylic acids is 1. The number of furan rings is 1. The number of aryl methyl sites for hydroxylation is 2. The molecule has 3 aromatic rings. The first-order valence-electron chi connectivity index (χ1n) is 7.68. The van der Waals surface area contributed by atoms with Crippen molar-refractivity contribution in [3.63, 3.8) is 0 Å². The van der Waals surface area contributed by atoms with Gasteiger partial charge in [-0.15, -0.1) is 0 Å². The van der Waals surface area contributed by atoms with Gasteiger partial charge in [0, 0.05) is 5.56 Å². The summed E-state index contributed by atoms with van der Waals surface area (Å²) in [5, 5.41) is 12.2. The highest BCUT2D eigenvalue weighted by Gasteiger charge is 2.19. The molecule has 1 N–H and O–H groups in total. The van der Waals surface area contributed by atoms with Crippen molar-refractivity contribution >= 4 is 22.8 Å². The highest BCUT2D eigenvalue weighted by molar-refractivity contribution is 6.01. The van der Waals surface area contributed by atoms with Gasteiger partial charge in [-0.2, -0.15) is 5.26 Å². The maximum atomic E-state index is 12.4. The van der Waals surface area contributed by atoms with Crippen LogP contribution in [0, 0.1) is 25.2 Å². The molecular weight excluding hydrogens is 320 g/mol. The molecule has 1 atom stereocenters. The molecule has 0 saturated heterocycles. The van der Waals surface area contributed by atoms with Crippen molar-refractivity contribution in [3.05, 3.63) is 47.5 Å². The summed E-state index contributed by atoms with van der Waals surface area (Å²) in [6.45, 7) is 5.36. The molecule has 0 aliphatic carbocycles. The third-order valence-corrected chi connectivity index (χ3v) is 3.87. The number of aromatic nitrogens is 2. The number of benzene rings is 1. The SMILES string of the molecule is Cc1oc2ncnc(NC(=O)[C@H](C)Oc3ccc(C#N)cc3)c2c1C. The number of nitrogens with zero attached hydrogens (tertiary/aromatic N) is 3. The van der Waals surface area contributed by atoms with E-state index in [0.717, 1.165) is 11.3 Å². The predicted octanol–water partition coefficient (Wildman–Crippen LogP) is 3.12. The van der Waals surface area contributed by atoms with Crippen LogP contribution in [0.3, 0.4) is 0 Å². The number of anilines is 1. The fourth-order valence-electron chi connectivity index (χ4n) is 2.36. The lowest BCUT2D eigenvalue weighted by molar-refractivity contribution is -0.122. The van der Waals surface area contributed by atoms with E-state index in [9.17, 15) is 4.79 Å². The standard InChI is InChI=1S/C18H16N4O3/c1-10-11(2)25-18-15(10)16(20-9-21-18)22-17(23)12(3)24-14-6-4-13(8-19)5-7-14/h4-7,9,12H,1-3H3,(H,20,21,22,23)/t12-/m0/s1. The average Bonchev–Trinajstić information content (AvgIpc) is 2.90. The quantitative estimate of drug-likeness (QED) is 0.785. The van der Waals surface area contributed by atoms with E-state index in [2.05, 4.69) is 15.3 Å². The van der Waals surface area contributed by atoms with Gasteiger partial charge >= 0.3 is 0 Å². The number of hydrogen-bond donors (Lipinski definition) is 1. The van der Waals surface area contributed by atoms with E-state index in [1.54, 1.807) is 31.2 Å². The number of nitrogens with one attached hydrogen (secondary N) is 1. The van der Waals surface area contributed by atoms with E-state index in [4.69, 9.17) is 14.4 Å². The van der Waals surface area contributed by atoms with E-state index in [-0.39, 0.29) is 5.91 Å². The Morgan fingerprint density at radius 1 is 1.28 bits per heavy atom. The summed E-state index contributed by atoms with van der Waals surface area (Å²) in [5.74, 6) is 1.28. The molecular formula is C18H16N4O3. The predicted molar refractivity (Wildman–Crippen MR) is 91.2 cm³/mol. The zero-order valence-corrected chi connectivity index (χ0v) is 14.0. The number of fused-ring (bicyclic) bond motifs is 1. The zero-order chi connectivity index (χ0) is 18.0. The van der Waals surface area contributed by atoms with Gasteiger partial charge < -0.3 is 14.5 Å². The minimum atomic E-state index is -0.744. The third-order valence-electron chi connectivity index (χ3n) is 3.87. The van der Waals surface area contributed by atoms with Crippen LogP contribution in [0.5, 0.6) is 5.75 Å². The molecule has 3 rings (SSSR count). The van der Waals surface area contributed by atoms with Gasteiger partial charge in [-0.25, -0.2) is 9.97 Å². The lowest BCUT2D eigenvalue weighted by atomic mass is 10.2. The van der Waals surface area contributed by atoms with Crippen LogP contribution in [0.25, 0.3) is 11.1 Å². The lowest BCUT2D eigenvalue weighted by Crippen LogP contribution is -2.30. The normalized spacial score (nSPS) is 11.8. The third kappa shape index (κ3) is 3.28. The molecule has 0 fully saturated rings. The Hall–Kier alpha value is -3.40. The van der Waals surface area contributed by atoms with Gasteiger partial charge in [0.25, 0.3) is 5.91 Å². The van der Waals surface area contributed by atoms with Crippen LogP contribution in [0.1, 0.15) is 23.8 Å². The first-order chi connectivity index (χ1) is 12.0. The fraction of sp³-hybridized carbons (Fsp3) is 0.222. The Kier molecular flexibility index (Phi) is 4.35. The Balaban J connectivity index is 1.76. The van der Waals surface area contributed by atoms with E-state index >= 15 is 0 Å². The average molecular weight is 336 g/mol. The van der Waals surface area contributed by atoms with Crippen LogP contribution >= 0.6 is 0 Å². The maximum Gasteiger partial charge on any atom is 0.266 e. The van der Waals surface area contributed by atoms with Gasteiger partial charge in [-0.3, -0.25) is 4.79 Å². The minimum absolute atomic E-state index is 0.345. The summed E-state index contributed by atoms with van der Waals surface area (Å²) >= 11 is 0. The second kappa shape index (κ2) is 6.61. The number of rotatable bonds is 4. The van der Waals surface area contributed by atoms with Crippen molar-refractivity contribution in [1.29, 1.82) is 5.26 Å². The summed E-state index contributed by atoms with van der Waals surface area (Å²) in [7, 11) is 0. The van der Waals surface area contributed by atoms with Gasteiger partial charge in [-0.05, 0) is 45.0 Å². The number of nitriles is 1. The zero-order valence-electron chi connectivity index (χ0n) is 14.0. The second-order valence-electron chi connectivity index (χ2n) is 5.57. The maximum absolute atomic E-state index is 12.4. The highest BCUT2D eigenvalue weighted by Crippen LogP contribution is 2.28. The van der Waals surface area contributed by atoms with Crippen LogP contribution in [0.4, 0.5) is 5.82 Å². The van der Waals surface area contributed by atoms with Crippen molar-refractivity contribution in [3.8, 4) is 11.8 Å². The van der Waals surface area contributed by atoms with Crippen LogP contribution in [0.15, 0.2) is 35.0 Å². The molecule has 0 unspecified atom stereocenters. The molecule has 2 heterocycles. The van der Waals surface area contributed by atoms with Gasteiger partial charge in [0.1, 0.15) is 23.7 Å². The van der Waals surface area contributed by atoms with Gasteiger partial charge in [-0.1, -0.05) is 0 Å². The van der Waals surface area contributed by atoms with E-state index in [1.165, 1.54) is 6.33 Å². The Morgan fingerprint density at radius 2 is 2.00 bits per heavy atom. The van der Waals surface area contributed by atoms with Crippen molar-refractivity contribution in [2.45, 2.75) is 26.9 Å². The minimum Gasteiger partial charge on any atom is -0.481 e. The molecule has 2 aromatic heterocycles. The molecule has 0 spiro atoms. The first-order valence-corrected chi connectivity index (χ1v) is 7.68. The summed E-state index contributed by atoms with van der Waals surface area (Å²) in [4.78, 5) is 20.6. The van der Waals surface area contributed by atoms with Gasteiger partial charge in [0.2, 0.25) is 5.71 Å². The lowest BCUT2D eigenvalue weighted by Gasteiger charge is -2.14. The van der Waals surface area contributed by atoms with Crippen molar-refractivity contribution in [1.82, 2.24) is 9.97 Å². The Bertz CT molecular complexity index is 970. The molecule has 0 saturated carbocycles. The smallest absolute Gasteiger partial charge is 0.266 e. The topological polar surface area (TPSA) is 101 Å². The molecule has 0 bridgehead atoms. The largest absolute Gasteiger partial charge is 0.481 e. The van der Waals surface area contributed by atoms with Crippen molar-refractivity contribution in [2.24, 2.45) is 0 Å². The van der Waals surface area contributed by atoms with Crippen molar-refractivity contribution in [2.75, 3.05) is 5.32 Å². The molecule has 25 heavy (non-hydrogen) atoms. The number of ether oxygens (including phenoxy) is 1. The van der Waals surface area contributed by atoms with Crippen LogP contribution in [-0.2, 0) is 4.79 Å². The molecule has 126 valence electrons. The van der Waals surface area contributed by atoms with E-state index < -0.39 is 6.10 Å².